The highest BCUT2D eigenvalue weighted by molar-refractivity contribution is 7.99. The van der Waals surface area contributed by atoms with Crippen LogP contribution in [0.15, 0.2) is 0 Å². The standard InChI is InChI=1S/C14H21F4N3O3S/c1-20-12(19)25-5-9-11(14(16,17)18)24-6-13(9,20)8-4-7(21(22)23)2-3-10(8)15/h7-12H,2-6,19H2,1H3. The molecule has 0 aromatic carbocycles. The first-order valence-electron chi connectivity index (χ1n) is 8.15. The zero-order valence-electron chi connectivity index (χ0n) is 13.6. The second-order valence-electron chi connectivity index (χ2n) is 7.08. The van der Waals surface area contributed by atoms with Crippen LogP contribution in [0.2, 0.25) is 0 Å². The highest BCUT2D eigenvalue weighted by Crippen LogP contribution is 2.54. The summed E-state index contributed by atoms with van der Waals surface area (Å²) in [6, 6.07) is -0.948. The maximum atomic E-state index is 14.8. The van der Waals surface area contributed by atoms with Crippen molar-refractivity contribution < 1.29 is 27.2 Å². The van der Waals surface area contributed by atoms with E-state index in [1.165, 1.54) is 0 Å². The number of nitrogens with two attached hydrogens (primary N) is 1. The minimum atomic E-state index is -4.57. The molecule has 2 N–H and O–H groups in total. The van der Waals surface area contributed by atoms with Crippen molar-refractivity contribution in [2.24, 2.45) is 17.6 Å². The molecule has 2 heterocycles. The highest BCUT2D eigenvalue weighted by Gasteiger charge is 2.67. The van der Waals surface area contributed by atoms with E-state index in [-0.39, 0.29) is 31.6 Å². The molecule has 2 aliphatic heterocycles. The largest absolute Gasteiger partial charge is 0.414 e. The lowest BCUT2D eigenvalue weighted by Crippen LogP contribution is -2.68. The molecule has 0 amide bonds. The van der Waals surface area contributed by atoms with E-state index in [2.05, 4.69) is 0 Å². The third kappa shape index (κ3) is 3.02. The van der Waals surface area contributed by atoms with E-state index in [0.717, 1.165) is 11.8 Å². The van der Waals surface area contributed by atoms with E-state index in [9.17, 15) is 27.7 Å². The van der Waals surface area contributed by atoms with Crippen molar-refractivity contribution in [2.75, 3.05) is 19.4 Å². The Bertz CT molecular complexity index is 540. The predicted octanol–water partition coefficient (Wildman–Crippen LogP) is 2.01. The maximum absolute atomic E-state index is 14.8. The zero-order valence-corrected chi connectivity index (χ0v) is 14.4. The monoisotopic (exact) mass is 387 g/mol. The molecule has 0 aromatic rings. The summed E-state index contributed by atoms with van der Waals surface area (Å²) in [6.45, 7) is -0.317. The molecule has 144 valence electrons. The van der Waals surface area contributed by atoms with Crippen LogP contribution < -0.4 is 5.73 Å². The van der Waals surface area contributed by atoms with Gasteiger partial charge in [-0.2, -0.15) is 13.2 Å². The van der Waals surface area contributed by atoms with Crippen LogP contribution in [0.4, 0.5) is 17.6 Å². The molecule has 7 unspecified atom stereocenters. The van der Waals surface area contributed by atoms with E-state index < -0.39 is 52.3 Å². The summed E-state index contributed by atoms with van der Waals surface area (Å²) in [7, 11) is 1.56. The van der Waals surface area contributed by atoms with Gasteiger partial charge in [0.2, 0.25) is 6.04 Å². The molecule has 3 fully saturated rings. The fourth-order valence-electron chi connectivity index (χ4n) is 4.64. The Morgan fingerprint density at radius 1 is 1.36 bits per heavy atom. The van der Waals surface area contributed by atoms with Gasteiger partial charge in [-0.15, -0.1) is 11.8 Å². The molecule has 3 aliphatic rings. The van der Waals surface area contributed by atoms with Crippen LogP contribution in [0.5, 0.6) is 0 Å². The Morgan fingerprint density at radius 3 is 2.64 bits per heavy atom. The summed E-state index contributed by atoms with van der Waals surface area (Å²) in [5, 5.41) is 11.2. The molecular weight excluding hydrogens is 366 g/mol. The van der Waals surface area contributed by atoms with Crippen molar-refractivity contribution in [3.8, 4) is 0 Å². The van der Waals surface area contributed by atoms with Gasteiger partial charge in [0.05, 0.1) is 12.1 Å². The van der Waals surface area contributed by atoms with Gasteiger partial charge in [0.25, 0.3) is 0 Å². The van der Waals surface area contributed by atoms with Crippen LogP contribution in [0.3, 0.4) is 0 Å². The van der Waals surface area contributed by atoms with Gasteiger partial charge in [-0.05, 0) is 13.5 Å². The van der Waals surface area contributed by atoms with E-state index >= 15 is 0 Å². The number of hydrogen-bond donors (Lipinski definition) is 1. The van der Waals surface area contributed by atoms with Gasteiger partial charge in [-0.1, -0.05) is 0 Å². The number of hydrogen-bond acceptors (Lipinski definition) is 6. The Labute approximate surface area is 146 Å². The first-order valence-corrected chi connectivity index (χ1v) is 9.20. The Kier molecular flexibility index (Phi) is 4.97. The summed E-state index contributed by atoms with van der Waals surface area (Å²) < 4.78 is 60.1. The summed E-state index contributed by atoms with van der Waals surface area (Å²) in [4.78, 5) is 12.3. The van der Waals surface area contributed by atoms with Crippen LogP contribution >= 0.6 is 11.8 Å². The second kappa shape index (κ2) is 6.50. The van der Waals surface area contributed by atoms with E-state index in [4.69, 9.17) is 10.5 Å². The van der Waals surface area contributed by atoms with Crippen LogP contribution in [0, 0.1) is 22.0 Å². The number of fused-ring (bicyclic) bond motifs is 1. The van der Waals surface area contributed by atoms with Gasteiger partial charge in [0.1, 0.15) is 11.7 Å². The number of alkyl halides is 4. The van der Waals surface area contributed by atoms with Gasteiger partial charge >= 0.3 is 6.18 Å². The van der Waals surface area contributed by atoms with Gasteiger partial charge in [0.15, 0.2) is 6.10 Å². The van der Waals surface area contributed by atoms with Gasteiger partial charge < -0.3 is 10.5 Å². The summed E-state index contributed by atoms with van der Waals surface area (Å²) in [5.74, 6) is -1.83. The highest BCUT2D eigenvalue weighted by atomic mass is 32.2. The molecule has 1 aliphatic carbocycles. The number of likely N-dealkylation sites (N-methyl/N-ethyl adjacent to an activating group) is 1. The van der Waals surface area contributed by atoms with Crippen molar-refractivity contribution in [1.82, 2.24) is 4.90 Å². The van der Waals surface area contributed by atoms with Crippen LogP contribution in [-0.4, -0.2) is 64.8 Å². The number of thioether (sulfide) groups is 1. The molecule has 11 heteroatoms. The molecular formula is C14H21F4N3O3S. The van der Waals surface area contributed by atoms with Crippen molar-refractivity contribution >= 4 is 11.8 Å². The second-order valence-corrected chi connectivity index (χ2v) is 8.23. The number of rotatable bonds is 2. The smallest absolute Gasteiger partial charge is 0.366 e. The van der Waals surface area contributed by atoms with E-state index in [1.807, 2.05) is 0 Å². The van der Waals surface area contributed by atoms with Crippen molar-refractivity contribution in [3.63, 3.8) is 0 Å². The molecule has 0 radical (unpaired) electrons. The van der Waals surface area contributed by atoms with Crippen molar-refractivity contribution in [3.05, 3.63) is 10.1 Å². The third-order valence-corrected chi connectivity index (χ3v) is 7.20. The average molecular weight is 387 g/mol. The van der Waals surface area contributed by atoms with Gasteiger partial charge in [-0.3, -0.25) is 15.0 Å². The minimum absolute atomic E-state index is 0.0301. The molecule has 25 heavy (non-hydrogen) atoms. The SMILES string of the molecule is CN1C(N)SCC2C(C(F)(F)F)OCC21C1CC([N+](=O)[O-])CCC1F. The summed E-state index contributed by atoms with van der Waals surface area (Å²) in [6.07, 6.45) is -8.01. The fraction of sp³-hybridized carbons (Fsp3) is 1.00. The van der Waals surface area contributed by atoms with E-state index in [0.29, 0.717) is 0 Å². The molecule has 3 rings (SSSR count). The number of nitro groups is 1. The Morgan fingerprint density at radius 2 is 2.04 bits per heavy atom. The first kappa shape index (κ1) is 19.1. The topological polar surface area (TPSA) is 81.6 Å². The number of nitrogens with zero attached hydrogens (tertiary/aromatic N) is 2. The molecule has 0 bridgehead atoms. The third-order valence-electron chi connectivity index (χ3n) is 5.99. The van der Waals surface area contributed by atoms with Gasteiger partial charge in [-0.25, -0.2) is 4.39 Å². The van der Waals surface area contributed by atoms with Crippen LogP contribution in [-0.2, 0) is 4.74 Å². The Balaban J connectivity index is 1.99. The van der Waals surface area contributed by atoms with Crippen LogP contribution in [0.25, 0.3) is 0 Å². The van der Waals surface area contributed by atoms with Gasteiger partial charge in [0, 0.05) is 35.4 Å². The fourth-order valence-corrected chi connectivity index (χ4v) is 5.93. The normalized spacial score (nSPS) is 46.0. The lowest BCUT2D eigenvalue weighted by atomic mass is 9.66. The van der Waals surface area contributed by atoms with Crippen molar-refractivity contribution in [1.29, 1.82) is 0 Å². The lowest BCUT2D eigenvalue weighted by Gasteiger charge is -2.54. The number of ether oxygens (including phenoxy) is 1. The van der Waals surface area contributed by atoms with Crippen LogP contribution in [0.1, 0.15) is 19.3 Å². The Hall–Kier alpha value is -0.650. The first-order chi connectivity index (χ1) is 11.6. The maximum Gasteiger partial charge on any atom is 0.414 e. The molecule has 2 saturated heterocycles. The summed E-state index contributed by atoms with van der Waals surface area (Å²) >= 11 is 1.16. The lowest BCUT2D eigenvalue weighted by molar-refractivity contribution is -0.529. The molecule has 1 saturated carbocycles. The van der Waals surface area contributed by atoms with E-state index in [1.54, 1.807) is 11.9 Å². The molecule has 0 spiro atoms. The molecule has 0 aromatic heterocycles. The van der Waals surface area contributed by atoms with Crippen molar-refractivity contribution in [2.45, 2.75) is 54.8 Å². The minimum Gasteiger partial charge on any atom is -0.366 e. The molecule has 7 atom stereocenters. The quantitative estimate of drug-likeness (QED) is 0.444. The predicted molar refractivity (Wildman–Crippen MR) is 83.2 cm³/mol. The molecule has 6 nitrogen and oxygen atoms in total. The number of halogens is 4. The summed E-state index contributed by atoms with van der Waals surface area (Å²) in [5.41, 5.74) is 4.14. The zero-order chi connectivity index (χ0) is 18.6. The average Bonchev–Trinajstić information content (AvgIpc) is 2.92.